The zero-order valence-electron chi connectivity index (χ0n) is 22.4. The third-order valence-electron chi connectivity index (χ3n) is 6.99. The summed E-state index contributed by atoms with van der Waals surface area (Å²) < 4.78 is 18.6. The van der Waals surface area contributed by atoms with Gasteiger partial charge < -0.3 is 18.8 Å². The van der Waals surface area contributed by atoms with Crippen LogP contribution in [0.15, 0.2) is 72.3 Å². The molecule has 1 N–H and O–H groups in total. The number of nitrogens with one attached hydrogen (secondary N) is 1. The summed E-state index contributed by atoms with van der Waals surface area (Å²) in [6, 6.07) is 18.5. The van der Waals surface area contributed by atoms with Gasteiger partial charge >= 0.3 is 6.03 Å². The lowest BCUT2D eigenvalue weighted by atomic mass is 10.1. The summed E-state index contributed by atoms with van der Waals surface area (Å²) in [4.78, 5) is 39.8. The number of halogens is 2. The first-order chi connectivity index (χ1) is 20.2. The Morgan fingerprint density at radius 2 is 1.64 bits per heavy atom. The largest absolute Gasteiger partial charge is 0.489 e. The van der Waals surface area contributed by atoms with Gasteiger partial charge in [0, 0.05) is 38.8 Å². The second kappa shape index (κ2) is 10.9. The molecule has 4 aromatic rings. The van der Waals surface area contributed by atoms with Crippen LogP contribution in [0.4, 0.5) is 10.5 Å². The zero-order chi connectivity index (χ0) is 29.5. The molecule has 212 valence electrons. The number of barbiturate groups is 1. The molecule has 1 fully saturated rings. The highest BCUT2D eigenvalue weighted by molar-refractivity contribution is 6.39. The van der Waals surface area contributed by atoms with E-state index in [1.165, 1.54) is 12.1 Å². The first-order valence-corrected chi connectivity index (χ1v) is 13.6. The van der Waals surface area contributed by atoms with Gasteiger partial charge in [0.15, 0.2) is 11.5 Å². The number of aromatic nitrogens is 1. The topological polar surface area (TPSA) is 99.1 Å². The number of anilines is 1. The molecule has 0 unspecified atom stereocenters. The molecule has 0 radical (unpaired) electrons. The summed E-state index contributed by atoms with van der Waals surface area (Å²) in [5.41, 5.74) is 4.11. The van der Waals surface area contributed by atoms with Crippen LogP contribution in [0, 0.1) is 13.8 Å². The number of rotatable bonds is 6. The molecule has 2 aliphatic rings. The van der Waals surface area contributed by atoms with Crippen LogP contribution in [-0.2, 0) is 16.2 Å². The number of hydrogen-bond acceptors (Lipinski definition) is 6. The number of ether oxygens (including phenoxy) is 3. The molecular weight excluding hydrogens is 581 g/mol. The fourth-order valence-electron chi connectivity index (χ4n) is 4.89. The van der Waals surface area contributed by atoms with E-state index in [1.54, 1.807) is 24.3 Å². The number of urea groups is 1. The molecule has 0 bridgehead atoms. The molecule has 0 saturated carbocycles. The number of benzene rings is 3. The quantitative estimate of drug-likeness (QED) is 0.203. The number of imide groups is 2. The van der Waals surface area contributed by atoms with E-state index < -0.39 is 17.8 Å². The van der Waals surface area contributed by atoms with Crippen molar-refractivity contribution in [1.82, 2.24) is 9.88 Å². The molecule has 0 aliphatic carbocycles. The minimum atomic E-state index is -0.841. The smallest absolute Gasteiger partial charge is 0.335 e. The number of hydrogen-bond donors (Lipinski definition) is 1. The maximum Gasteiger partial charge on any atom is 0.335 e. The highest BCUT2D eigenvalue weighted by Crippen LogP contribution is 2.36. The molecule has 3 aromatic carbocycles. The fraction of sp³-hybridized carbons (Fsp3) is 0.129. The third-order valence-corrected chi connectivity index (χ3v) is 7.58. The average Bonchev–Trinajstić information content (AvgIpc) is 3.53. The highest BCUT2D eigenvalue weighted by Gasteiger charge is 2.37. The molecule has 1 aromatic heterocycles. The SMILES string of the molecule is Cc1cc(/C=C2\C(=O)NC(=O)N(c3ccc4c(c3)OCO4)C2=O)c(C)n1-c1ccc(OCc2ccc(Cl)cc2Cl)cc1. The molecule has 6 rings (SSSR count). The summed E-state index contributed by atoms with van der Waals surface area (Å²) in [6.07, 6.45) is 1.50. The van der Waals surface area contributed by atoms with E-state index in [4.69, 9.17) is 37.4 Å². The Hall–Kier alpha value is -4.73. The van der Waals surface area contributed by atoms with E-state index in [0.717, 1.165) is 27.5 Å². The predicted molar refractivity (Wildman–Crippen MR) is 158 cm³/mol. The lowest BCUT2D eigenvalue weighted by molar-refractivity contribution is -0.122. The van der Waals surface area contributed by atoms with Crippen LogP contribution in [0.5, 0.6) is 17.2 Å². The van der Waals surface area contributed by atoms with E-state index in [9.17, 15) is 14.4 Å². The average molecular weight is 604 g/mol. The molecule has 0 spiro atoms. The molecule has 11 heteroatoms. The van der Waals surface area contributed by atoms with E-state index in [0.29, 0.717) is 32.9 Å². The second-order valence-corrected chi connectivity index (χ2v) is 10.5. The zero-order valence-corrected chi connectivity index (χ0v) is 24.0. The van der Waals surface area contributed by atoms with Crippen LogP contribution < -0.4 is 24.4 Å². The summed E-state index contributed by atoms with van der Waals surface area (Å²) in [5.74, 6) is 0.0637. The van der Waals surface area contributed by atoms with E-state index >= 15 is 0 Å². The molecule has 9 nitrogen and oxygen atoms in total. The number of aryl methyl sites for hydroxylation is 1. The molecular formula is C31H23Cl2N3O6. The lowest BCUT2D eigenvalue weighted by Gasteiger charge is -2.26. The van der Waals surface area contributed by atoms with Gasteiger partial charge in [-0.1, -0.05) is 29.3 Å². The van der Waals surface area contributed by atoms with Crippen molar-refractivity contribution in [3.05, 3.63) is 105 Å². The highest BCUT2D eigenvalue weighted by atomic mass is 35.5. The van der Waals surface area contributed by atoms with Crippen molar-refractivity contribution < 1.29 is 28.6 Å². The third kappa shape index (κ3) is 5.08. The molecule has 42 heavy (non-hydrogen) atoms. The molecule has 2 aliphatic heterocycles. The van der Waals surface area contributed by atoms with Gasteiger partial charge in [0.1, 0.15) is 17.9 Å². The Morgan fingerprint density at radius 1 is 0.905 bits per heavy atom. The minimum absolute atomic E-state index is 0.0478. The maximum atomic E-state index is 13.4. The van der Waals surface area contributed by atoms with Crippen molar-refractivity contribution in [2.24, 2.45) is 0 Å². The summed E-state index contributed by atoms with van der Waals surface area (Å²) in [7, 11) is 0. The van der Waals surface area contributed by atoms with Gasteiger partial charge in [0.05, 0.1) is 5.69 Å². The van der Waals surface area contributed by atoms with Crippen molar-refractivity contribution in [3.63, 3.8) is 0 Å². The Bertz CT molecular complexity index is 1800. The summed E-state index contributed by atoms with van der Waals surface area (Å²) in [5, 5.41) is 3.35. The number of nitrogens with zero attached hydrogens (tertiary/aromatic N) is 2. The molecule has 3 heterocycles. The number of amides is 4. The molecule has 0 atom stereocenters. The van der Waals surface area contributed by atoms with Gasteiger partial charge in [-0.15, -0.1) is 0 Å². The van der Waals surface area contributed by atoms with Gasteiger partial charge in [-0.3, -0.25) is 14.9 Å². The minimum Gasteiger partial charge on any atom is -0.489 e. The van der Waals surface area contributed by atoms with Gasteiger partial charge in [0.25, 0.3) is 11.8 Å². The van der Waals surface area contributed by atoms with Crippen molar-refractivity contribution in [2.45, 2.75) is 20.5 Å². The Kier molecular flexibility index (Phi) is 7.14. The Morgan fingerprint density at radius 3 is 2.40 bits per heavy atom. The standard InChI is InChI=1S/C31H23Cl2N3O6/c1-17-11-20(12-25-29(37)34-31(39)36(30(25)38)23-7-10-27-28(14-23)42-16-41-27)18(2)35(17)22-5-8-24(9-6-22)40-15-19-3-4-21(32)13-26(19)33/h3-14H,15-16H2,1-2H3,(H,34,37,39)/b25-12+. The Balaban J connectivity index is 1.24. The monoisotopic (exact) mass is 603 g/mol. The molecule has 1 saturated heterocycles. The number of fused-ring (bicyclic) bond motifs is 1. The molecule has 4 amide bonds. The van der Waals surface area contributed by atoms with E-state index in [1.807, 2.05) is 54.8 Å². The first-order valence-electron chi connectivity index (χ1n) is 12.9. The van der Waals surface area contributed by atoms with Crippen molar-refractivity contribution in [2.75, 3.05) is 11.7 Å². The Labute approximate surface area is 250 Å². The van der Waals surface area contributed by atoms with E-state index in [-0.39, 0.29) is 24.7 Å². The van der Waals surface area contributed by atoms with Crippen LogP contribution in [0.1, 0.15) is 22.5 Å². The second-order valence-electron chi connectivity index (χ2n) is 9.68. The fourth-order valence-corrected chi connectivity index (χ4v) is 5.36. The van der Waals surface area contributed by atoms with E-state index in [2.05, 4.69) is 5.32 Å². The van der Waals surface area contributed by atoms with Crippen molar-refractivity contribution in [3.8, 4) is 22.9 Å². The van der Waals surface area contributed by atoms with Crippen LogP contribution in [0.3, 0.4) is 0 Å². The van der Waals surface area contributed by atoms with Gasteiger partial charge in [-0.2, -0.15) is 0 Å². The van der Waals surface area contributed by atoms with Gasteiger partial charge in [-0.05, 0) is 80.1 Å². The van der Waals surface area contributed by atoms with Gasteiger partial charge in [0.2, 0.25) is 6.79 Å². The number of carbonyl (C=O) groups excluding carboxylic acids is 3. The van der Waals surface area contributed by atoms with Gasteiger partial charge in [-0.25, -0.2) is 9.69 Å². The maximum absolute atomic E-state index is 13.4. The number of carbonyl (C=O) groups is 3. The summed E-state index contributed by atoms with van der Waals surface area (Å²) >= 11 is 12.2. The van der Waals surface area contributed by atoms with Crippen molar-refractivity contribution >= 4 is 52.8 Å². The summed E-state index contributed by atoms with van der Waals surface area (Å²) in [6.45, 7) is 4.15. The predicted octanol–water partition coefficient (Wildman–Crippen LogP) is 6.38. The normalized spacial score (nSPS) is 15.4. The van der Waals surface area contributed by atoms with Crippen LogP contribution >= 0.6 is 23.2 Å². The lowest BCUT2D eigenvalue weighted by Crippen LogP contribution is -2.54. The van der Waals surface area contributed by atoms with Crippen LogP contribution in [0.2, 0.25) is 10.0 Å². The van der Waals surface area contributed by atoms with Crippen LogP contribution in [-0.4, -0.2) is 29.2 Å². The van der Waals surface area contributed by atoms with Crippen molar-refractivity contribution in [1.29, 1.82) is 0 Å². The first kappa shape index (κ1) is 27.4. The van der Waals surface area contributed by atoms with Crippen LogP contribution in [0.25, 0.3) is 11.8 Å².